The predicted octanol–water partition coefficient (Wildman–Crippen LogP) is 4.73. The molecule has 0 saturated heterocycles. The largest absolute Gasteiger partial charge is 0.494 e. The Morgan fingerprint density at radius 1 is 1.17 bits per heavy atom. The minimum Gasteiger partial charge on any atom is -0.494 e. The molecular formula is C28H33FN4O2. The Balaban J connectivity index is 1.51. The van der Waals surface area contributed by atoms with Gasteiger partial charge in [0.15, 0.2) is 0 Å². The molecule has 2 heterocycles. The first-order valence-corrected chi connectivity index (χ1v) is 12.5. The number of aromatic nitrogens is 2. The van der Waals surface area contributed by atoms with Crippen LogP contribution in [0.25, 0.3) is 5.69 Å². The van der Waals surface area contributed by atoms with Crippen LogP contribution < -0.4 is 4.74 Å². The average molecular weight is 477 g/mol. The maximum Gasteiger partial charge on any atom is 0.226 e. The van der Waals surface area contributed by atoms with Crippen LogP contribution in [0.4, 0.5) is 4.39 Å². The summed E-state index contributed by atoms with van der Waals surface area (Å²) in [5.41, 5.74) is 4.77. The van der Waals surface area contributed by atoms with Gasteiger partial charge in [-0.25, -0.2) is 9.07 Å². The summed E-state index contributed by atoms with van der Waals surface area (Å²) in [5.74, 6) is 0.957. The Morgan fingerprint density at radius 3 is 2.63 bits per heavy atom. The lowest BCUT2D eigenvalue weighted by Crippen LogP contribution is -2.38. The summed E-state index contributed by atoms with van der Waals surface area (Å²) in [6, 6.07) is 14.9. The maximum absolute atomic E-state index is 14.4. The highest BCUT2D eigenvalue weighted by molar-refractivity contribution is 5.81. The van der Waals surface area contributed by atoms with E-state index in [0.717, 1.165) is 54.2 Å². The number of ether oxygens (including phenoxy) is 1. The number of halogens is 1. The first-order chi connectivity index (χ1) is 17.0. The highest BCUT2D eigenvalue weighted by atomic mass is 19.1. The minimum atomic E-state index is -0.177. The van der Waals surface area contributed by atoms with Crippen LogP contribution in [0.3, 0.4) is 0 Å². The molecule has 0 radical (unpaired) electrons. The molecule has 6 nitrogen and oxygen atoms in total. The molecule has 1 aromatic heterocycles. The van der Waals surface area contributed by atoms with Gasteiger partial charge in [-0.3, -0.25) is 9.69 Å². The van der Waals surface area contributed by atoms with Crippen molar-refractivity contribution in [3.63, 3.8) is 0 Å². The number of benzene rings is 2. The number of hydrogen-bond acceptors (Lipinski definition) is 4. The smallest absolute Gasteiger partial charge is 0.226 e. The van der Waals surface area contributed by atoms with Crippen LogP contribution in [0, 0.1) is 11.7 Å². The lowest BCUT2D eigenvalue weighted by Gasteiger charge is -2.30. The van der Waals surface area contributed by atoms with Gasteiger partial charge < -0.3 is 9.64 Å². The highest BCUT2D eigenvalue weighted by Crippen LogP contribution is 2.34. The summed E-state index contributed by atoms with van der Waals surface area (Å²) in [6.45, 7) is 6.61. The number of rotatable bonds is 8. The van der Waals surface area contributed by atoms with Crippen molar-refractivity contribution >= 4 is 5.91 Å². The van der Waals surface area contributed by atoms with Crippen LogP contribution >= 0.6 is 0 Å². The summed E-state index contributed by atoms with van der Waals surface area (Å²) in [4.78, 5) is 17.3. The molecule has 0 N–H and O–H groups in total. The summed E-state index contributed by atoms with van der Waals surface area (Å²) in [6.07, 6.45) is 2.74. The van der Waals surface area contributed by atoms with Gasteiger partial charge in [-0.05, 0) is 44.9 Å². The number of nitrogens with zero attached hydrogens (tertiary/aromatic N) is 4. The van der Waals surface area contributed by atoms with Gasteiger partial charge in [-0.15, -0.1) is 0 Å². The molecule has 2 aliphatic rings. The van der Waals surface area contributed by atoms with Gasteiger partial charge in [-0.1, -0.05) is 30.3 Å². The normalized spacial score (nSPS) is 15.8. The van der Waals surface area contributed by atoms with Crippen molar-refractivity contribution in [2.24, 2.45) is 5.92 Å². The molecule has 35 heavy (non-hydrogen) atoms. The van der Waals surface area contributed by atoms with Crippen molar-refractivity contribution in [1.82, 2.24) is 19.6 Å². The zero-order chi connectivity index (χ0) is 24.5. The lowest BCUT2D eigenvalue weighted by atomic mass is 10.0. The van der Waals surface area contributed by atoms with Gasteiger partial charge in [0.05, 0.1) is 25.0 Å². The van der Waals surface area contributed by atoms with Gasteiger partial charge in [0.2, 0.25) is 5.91 Å². The standard InChI is InChI=1S/C28H33FN4O2/c1-19(2)32(28(34)20-12-13-20)18-24-22-17-31(16-21-8-4-5-9-23(21)29)15-14-25(22)33(30-24)26-10-6-7-11-27(26)35-3/h4-11,19-20H,12-18H2,1-3H3. The molecule has 1 amide bonds. The molecule has 1 aliphatic heterocycles. The van der Waals surface area contributed by atoms with Crippen molar-refractivity contribution in [2.45, 2.75) is 58.8 Å². The molecule has 1 saturated carbocycles. The first kappa shape index (κ1) is 23.5. The second kappa shape index (κ2) is 9.82. The van der Waals surface area contributed by atoms with E-state index in [4.69, 9.17) is 9.84 Å². The number of amides is 1. The zero-order valence-corrected chi connectivity index (χ0v) is 20.7. The van der Waals surface area contributed by atoms with Crippen molar-refractivity contribution in [3.05, 3.63) is 76.9 Å². The van der Waals surface area contributed by atoms with Gasteiger partial charge in [-0.2, -0.15) is 5.10 Å². The molecule has 0 bridgehead atoms. The molecule has 1 aliphatic carbocycles. The van der Waals surface area contributed by atoms with Crippen LogP contribution in [0.15, 0.2) is 48.5 Å². The van der Waals surface area contributed by atoms with Crippen LogP contribution in [-0.4, -0.2) is 45.2 Å². The molecule has 2 aromatic carbocycles. The fourth-order valence-electron chi connectivity index (χ4n) is 4.92. The van der Waals surface area contributed by atoms with E-state index >= 15 is 0 Å². The van der Waals surface area contributed by atoms with E-state index in [9.17, 15) is 9.18 Å². The van der Waals surface area contributed by atoms with Crippen LogP contribution in [0.5, 0.6) is 5.75 Å². The van der Waals surface area contributed by atoms with E-state index in [1.54, 1.807) is 13.2 Å². The Labute approximate surface area is 206 Å². The summed E-state index contributed by atoms with van der Waals surface area (Å²) < 4.78 is 22.0. The summed E-state index contributed by atoms with van der Waals surface area (Å²) in [7, 11) is 1.67. The zero-order valence-electron chi connectivity index (χ0n) is 20.7. The molecule has 0 unspecified atom stereocenters. The van der Waals surface area contributed by atoms with Crippen LogP contribution in [-0.2, 0) is 30.8 Å². The van der Waals surface area contributed by atoms with Gasteiger partial charge >= 0.3 is 0 Å². The molecule has 0 atom stereocenters. The molecule has 7 heteroatoms. The molecular weight excluding hydrogens is 443 g/mol. The third-order valence-corrected chi connectivity index (χ3v) is 7.04. The topological polar surface area (TPSA) is 50.6 Å². The Bertz CT molecular complexity index is 1220. The van der Waals surface area contributed by atoms with Crippen molar-refractivity contribution in [2.75, 3.05) is 13.7 Å². The van der Waals surface area contributed by atoms with Gasteiger partial charge in [0, 0.05) is 49.1 Å². The van der Waals surface area contributed by atoms with Crippen molar-refractivity contribution in [1.29, 1.82) is 0 Å². The number of carbonyl (C=O) groups excluding carboxylic acids is 1. The number of carbonyl (C=O) groups is 1. The molecule has 0 spiro atoms. The number of fused-ring (bicyclic) bond motifs is 1. The monoisotopic (exact) mass is 476 g/mol. The molecule has 3 aromatic rings. The van der Waals surface area contributed by atoms with Gasteiger partial charge in [0.25, 0.3) is 0 Å². The van der Waals surface area contributed by atoms with E-state index in [0.29, 0.717) is 25.2 Å². The van der Waals surface area contributed by atoms with Crippen molar-refractivity contribution < 1.29 is 13.9 Å². The van der Waals surface area contributed by atoms with E-state index in [2.05, 4.69) is 18.7 Å². The fraction of sp³-hybridized carbons (Fsp3) is 0.429. The molecule has 1 fully saturated rings. The van der Waals surface area contributed by atoms with Crippen LogP contribution in [0.1, 0.15) is 49.2 Å². The second-order valence-electron chi connectivity index (χ2n) is 9.84. The number of methoxy groups -OCH3 is 1. The maximum atomic E-state index is 14.4. The van der Waals surface area contributed by atoms with E-state index in [1.807, 2.05) is 46.0 Å². The molecule has 184 valence electrons. The highest BCUT2D eigenvalue weighted by Gasteiger charge is 2.36. The van der Waals surface area contributed by atoms with Crippen LogP contribution in [0.2, 0.25) is 0 Å². The van der Waals surface area contributed by atoms with Crippen molar-refractivity contribution in [3.8, 4) is 11.4 Å². The lowest BCUT2D eigenvalue weighted by molar-refractivity contribution is -0.135. The summed E-state index contributed by atoms with van der Waals surface area (Å²) >= 11 is 0. The quantitative estimate of drug-likeness (QED) is 0.472. The van der Waals surface area contributed by atoms with E-state index < -0.39 is 0 Å². The average Bonchev–Trinajstić information content (AvgIpc) is 3.66. The number of hydrogen-bond donors (Lipinski definition) is 0. The fourth-order valence-corrected chi connectivity index (χ4v) is 4.92. The first-order valence-electron chi connectivity index (χ1n) is 12.5. The Morgan fingerprint density at radius 2 is 1.91 bits per heavy atom. The second-order valence-corrected chi connectivity index (χ2v) is 9.84. The third-order valence-electron chi connectivity index (χ3n) is 7.04. The third kappa shape index (κ3) is 4.82. The summed E-state index contributed by atoms with van der Waals surface area (Å²) in [5, 5.41) is 5.06. The predicted molar refractivity (Wildman–Crippen MR) is 133 cm³/mol. The van der Waals surface area contributed by atoms with E-state index in [-0.39, 0.29) is 23.7 Å². The molecule has 5 rings (SSSR count). The minimum absolute atomic E-state index is 0.0910. The Kier molecular flexibility index (Phi) is 6.60. The number of para-hydroxylation sites is 2. The Hall–Kier alpha value is -3.19. The van der Waals surface area contributed by atoms with Gasteiger partial charge in [0.1, 0.15) is 17.3 Å². The van der Waals surface area contributed by atoms with E-state index in [1.165, 1.54) is 6.07 Å². The SMILES string of the molecule is COc1ccccc1-n1nc(CN(C(=O)C2CC2)C(C)C)c2c1CCN(Cc1ccccc1F)C2.